The standard InChI is InChI=1S/C14H20N2O2/c1-2-16(7-8-17)14(18)12-4-3-11-5-6-15-10-13(11)9-12/h3-4,9,15,17H,2,5-8,10H2,1H3. The van der Waals surface area contributed by atoms with Crippen LogP contribution in [0.25, 0.3) is 0 Å². The van der Waals surface area contributed by atoms with E-state index in [4.69, 9.17) is 5.11 Å². The van der Waals surface area contributed by atoms with Crippen molar-refractivity contribution >= 4 is 5.91 Å². The summed E-state index contributed by atoms with van der Waals surface area (Å²) in [5.41, 5.74) is 3.26. The average molecular weight is 248 g/mol. The number of aliphatic hydroxyl groups excluding tert-OH is 1. The van der Waals surface area contributed by atoms with Gasteiger partial charge in [-0.2, -0.15) is 0 Å². The summed E-state index contributed by atoms with van der Waals surface area (Å²) in [7, 11) is 0. The van der Waals surface area contributed by atoms with Crippen LogP contribution in [0.3, 0.4) is 0 Å². The van der Waals surface area contributed by atoms with E-state index in [9.17, 15) is 4.79 Å². The highest BCUT2D eigenvalue weighted by Gasteiger charge is 2.16. The number of amides is 1. The molecule has 1 heterocycles. The van der Waals surface area contributed by atoms with Gasteiger partial charge in [0.15, 0.2) is 0 Å². The van der Waals surface area contributed by atoms with Gasteiger partial charge in [0.25, 0.3) is 5.91 Å². The van der Waals surface area contributed by atoms with E-state index in [0.717, 1.165) is 19.5 Å². The molecule has 0 spiro atoms. The predicted molar refractivity (Wildman–Crippen MR) is 70.5 cm³/mol. The van der Waals surface area contributed by atoms with Crippen LogP contribution in [-0.2, 0) is 13.0 Å². The number of hydrogen-bond acceptors (Lipinski definition) is 3. The second-order valence-corrected chi connectivity index (χ2v) is 4.52. The summed E-state index contributed by atoms with van der Waals surface area (Å²) < 4.78 is 0. The van der Waals surface area contributed by atoms with E-state index in [-0.39, 0.29) is 12.5 Å². The van der Waals surface area contributed by atoms with E-state index in [0.29, 0.717) is 18.7 Å². The zero-order chi connectivity index (χ0) is 13.0. The molecule has 0 aromatic heterocycles. The van der Waals surface area contributed by atoms with Gasteiger partial charge in [-0.05, 0) is 43.1 Å². The summed E-state index contributed by atoms with van der Waals surface area (Å²) in [5, 5.41) is 12.3. The molecule has 2 N–H and O–H groups in total. The number of aliphatic hydroxyl groups is 1. The fraction of sp³-hybridized carbons (Fsp3) is 0.500. The van der Waals surface area contributed by atoms with Gasteiger partial charge >= 0.3 is 0 Å². The van der Waals surface area contributed by atoms with Gasteiger partial charge in [-0.25, -0.2) is 0 Å². The molecule has 1 aliphatic heterocycles. The summed E-state index contributed by atoms with van der Waals surface area (Å²) in [6.07, 6.45) is 1.03. The lowest BCUT2D eigenvalue weighted by atomic mass is 9.98. The monoisotopic (exact) mass is 248 g/mol. The predicted octanol–water partition coefficient (Wildman–Crippen LogP) is 0.787. The molecule has 4 heteroatoms. The first-order chi connectivity index (χ1) is 8.76. The van der Waals surface area contributed by atoms with E-state index in [1.807, 2.05) is 19.1 Å². The first-order valence-corrected chi connectivity index (χ1v) is 6.49. The molecule has 0 bridgehead atoms. The normalized spacial score (nSPS) is 14.1. The highest BCUT2D eigenvalue weighted by atomic mass is 16.3. The van der Waals surface area contributed by atoms with Crippen molar-refractivity contribution in [2.24, 2.45) is 0 Å². The number of hydrogen-bond donors (Lipinski definition) is 2. The fourth-order valence-corrected chi connectivity index (χ4v) is 2.32. The zero-order valence-corrected chi connectivity index (χ0v) is 10.8. The summed E-state index contributed by atoms with van der Waals surface area (Å²) in [4.78, 5) is 13.9. The van der Waals surface area contributed by atoms with Crippen molar-refractivity contribution < 1.29 is 9.90 Å². The lowest BCUT2D eigenvalue weighted by Gasteiger charge is -2.22. The molecule has 0 fully saturated rings. The van der Waals surface area contributed by atoms with Crippen molar-refractivity contribution in [3.8, 4) is 0 Å². The second-order valence-electron chi connectivity index (χ2n) is 4.52. The van der Waals surface area contributed by atoms with Crippen LogP contribution in [0.2, 0.25) is 0 Å². The van der Waals surface area contributed by atoms with Crippen LogP contribution in [0.1, 0.15) is 28.4 Å². The Morgan fingerprint density at radius 2 is 2.28 bits per heavy atom. The van der Waals surface area contributed by atoms with Crippen molar-refractivity contribution in [2.75, 3.05) is 26.2 Å². The van der Waals surface area contributed by atoms with Crippen LogP contribution in [0.4, 0.5) is 0 Å². The van der Waals surface area contributed by atoms with Crippen molar-refractivity contribution in [3.05, 3.63) is 34.9 Å². The van der Waals surface area contributed by atoms with Crippen LogP contribution in [-0.4, -0.2) is 42.2 Å². The number of benzene rings is 1. The number of nitrogens with zero attached hydrogens (tertiary/aromatic N) is 1. The van der Waals surface area contributed by atoms with Crippen molar-refractivity contribution in [3.63, 3.8) is 0 Å². The van der Waals surface area contributed by atoms with Crippen LogP contribution in [0, 0.1) is 0 Å². The Hall–Kier alpha value is -1.39. The van der Waals surface area contributed by atoms with Crippen molar-refractivity contribution in [1.29, 1.82) is 0 Å². The van der Waals surface area contributed by atoms with Gasteiger partial charge in [0.05, 0.1) is 6.61 Å². The maximum atomic E-state index is 12.2. The number of carbonyl (C=O) groups is 1. The third-order valence-electron chi connectivity index (χ3n) is 3.38. The summed E-state index contributed by atoms with van der Waals surface area (Å²) in [6, 6.07) is 5.92. The number of fused-ring (bicyclic) bond motifs is 1. The Kier molecular flexibility index (Phi) is 4.33. The Labute approximate surface area is 108 Å². The molecule has 18 heavy (non-hydrogen) atoms. The van der Waals surface area contributed by atoms with E-state index in [2.05, 4.69) is 11.4 Å². The fourth-order valence-electron chi connectivity index (χ4n) is 2.32. The lowest BCUT2D eigenvalue weighted by molar-refractivity contribution is 0.0732. The molecule has 0 saturated carbocycles. The summed E-state index contributed by atoms with van der Waals surface area (Å²) in [5.74, 6) is -0.0000709. The minimum atomic E-state index is -0.0000709. The quantitative estimate of drug-likeness (QED) is 0.828. The zero-order valence-electron chi connectivity index (χ0n) is 10.8. The second kappa shape index (κ2) is 5.98. The van der Waals surface area contributed by atoms with Gasteiger partial charge in [0, 0.05) is 25.2 Å². The maximum Gasteiger partial charge on any atom is 0.253 e. The Morgan fingerprint density at radius 3 is 3.00 bits per heavy atom. The topological polar surface area (TPSA) is 52.6 Å². The molecule has 1 aromatic rings. The summed E-state index contributed by atoms with van der Waals surface area (Å²) >= 11 is 0. The molecule has 1 aromatic carbocycles. The molecular formula is C14H20N2O2. The molecular weight excluding hydrogens is 228 g/mol. The Balaban J connectivity index is 2.19. The summed E-state index contributed by atoms with van der Waals surface area (Å²) in [6.45, 7) is 4.79. The van der Waals surface area contributed by atoms with Crippen LogP contribution < -0.4 is 5.32 Å². The minimum Gasteiger partial charge on any atom is -0.395 e. The molecule has 0 atom stereocenters. The van der Waals surface area contributed by atoms with Gasteiger partial charge in [-0.1, -0.05) is 6.07 Å². The van der Waals surface area contributed by atoms with E-state index >= 15 is 0 Å². The Morgan fingerprint density at radius 1 is 1.44 bits per heavy atom. The lowest BCUT2D eigenvalue weighted by Crippen LogP contribution is -2.33. The highest BCUT2D eigenvalue weighted by molar-refractivity contribution is 5.94. The van der Waals surface area contributed by atoms with Gasteiger partial charge in [-0.15, -0.1) is 0 Å². The Bertz CT molecular complexity index is 432. The van der Waals surface area contributed by atoms with Crippen LogP contribution in [0.5, 0.6) is 0 Å². The van der Waals surface area contributed by atoms with E-state index < -0.39 is 0 Å². The number of carbonyl (C=O) groups excluding carboxylic acids is 1. The molecule has 98 valence electrons. The number of rotatable bonds is 4. The first-order valence-electron chi connectivity index (χ1n) is 6.49. The molecule has 1 aliphatic rings. The highest BCUT2D eigenvalue weighted by Crippen LogP contribution is 2.17. The van der Waals surface area contributed by atoms with Crippen molar-refractivity contribution in [2.45, 2.75) is 19.9 Å². The third-order valence-corrected chi connectivity index (χ3v) is 3.38. The molecule has 1 amide bonds. The van der Waals surface area contributed by atoms with Crippen LogP contribution in [0.15, 0.2) is 18.2 Å². The molecule has 0 saturated heterocycles. The molecule has 2 rings (SSSR count). The van der Waals surface area contributed by atoms with E-state index in [1.54, 1.807) is 4.90 Å². The van der Waals surface area contributed by atoms with Gasteiger partial charge in [0.2, 0.25) is 0 Å². The molecule has 0 aliphatic carbocycles. The third kappa shape index (κ3) is 2.71. The van der Waals surface area contributed by atoms with Gasteiger partial charge in [0.1, 0.15) is 0 Å². The molecule has 0 radical (unpaired) electrons. The number of likely N-dealkylation sites (N-methyl/N-ethyl adjacent to an activating group) is 1. The maximum absolute atomic E-state index is 12.2. The average Bonchev–Trinajstić information content (AvgIpc) is 2.43. The van der Waals surface area contributed by atoms with Gasteiger partial charge < -0.3 is 15.3 Å². The largest absolute Gasteiger partial charge is 0.395 e. The smallest absolute Gasteiger partial charge is 0.253 e. The molecule has 0 unspecified atom stereocenters. The van der Waals surface area contributed by atoms with Crippen LogP contribution >= 0.6 is 0 Å². The minimum absolute atomic E-state index is 0.0000709. The number of nitrogens with one attached hydrogen (secondary N) is 1. The SMILES string of the molecule is CCN(CCO)C(=O)c1ccc2c(c1)CNCC2. The first kappa shape index (κ1) is 13.1. The molecule has 4 nitrogen and oxygen atoms in total. The van der Waals surface area contributed by atoms with Gasteiger partial charge in [-0.3, -0.25) is 4.79 Å². The van der Waals surface area contributed by atoms with E-state index in [1.165, 1.54) is 11.1 Å². The van der Waals surface area contributed by atoms with Crippen molar-refractivity contribution in [1.82, 2.24) is 10.2 Å².